The lowest BCUT2D eigenvalue weighted by molar-refractivity contribution is -0.144. The van der Waals surface area contributed by atoms with Gasteiger partial charge in [0.05, 0.1) is 11.9 Å². The Morgan fingerprint density at radius 3 is 2.81 bits per heavy atom. The van der Waals surface area contributed by atoms with E-state index >= 15 is 0 Å². The molecule has 0 aliphatic carbocycles. The van der Waals surface area contributed by atoms with Gasteiger partial charge in [0, 0.05) is 11.8 Å². The molecule has 0 saturated carbocycles. The lowest BCUT2D eigenvalue weighted by Crippen LogP contribution is -2.13. The molecular weight excluding hydrogens is 226 g/mol. The Bertz CT molecular complexity index is 362. The van der Waals surface area contributed by atoms with Crippen LogP contribution in [0.15, 0.2) is 11.2 Å². The van der Waals surface area contributed by atoms with Crippen molar-refractivity contribution in [3.63, 3.8) is 0 Å². The van der Waals surface area contributed by atoms with E-state index in [0.29, 0.717) is 11.0 Å². The molecule has 0 radical (unpaired) electrons. The summed E-state index contributed by atoms with van der Waals surface area (Å²) in [6.07, 6.45) is -0.100. The Morgan fingerprint density at radius 2 is 2.25 bits per heavy atom. The first kappa shape index (κ1) is 12.8. The fraction of sp³-hybridized carbons (Fsp3) is 0.500. The van der Waals surface area contributed by atoms with Gasteiger partial charge in [0.2, 0.25) is 0 Å². The number of esters is 1. The Labute approximate surface area is 98.8 Å². The topological polar surface area (TPSA) is 78.1 Å². The van der Waals surface area contributed by atoms with E-state index in [0.717, 1.165) is 5.69 Å². The summed E-state index contributed by atoms with van der Waals surface area (Å²) in [5.74, 6) is 0.331. The Balaban J connectivity index is 2.51. The van der Waals surface area contributed by atoms with Crippen LogP contribution in [0.2, 0.25) is 0 Å². The average molecular weight is 241 g/mol. The maximum Gasteiger partial charge on any atom is 0.316 e. The molecule has 1 heterocycles. The lowest BCUT2D eigenvalue weighted by Gasteiger charge is -2.07. The van der Waals surface area contributed by atoms with Gasteiger partial charge in [-0.15, -0.1) is 0 Å². The van der Waals surface area contributed by atoms with Crippen LogP contribution in [0.1, 0.15) is 19.5 Å². The molecular formula is C10H15N3O2S. The molecule has 0 amide bonds. The second kappa shape index (κ2) is 5.69. The number of carbonyl (C=O) groups is 1. The van der Waals surface area contributed by atoms with Gasteiger partial charge in [-0.05, 0) is 20.8 Å². The fourth-order valence-electron chi connectivity index (χ4n) is 1.05. The molecule has 1 aromatic heterocycles. The van der Waals surface area contributed by atoms with Crippen LogP contribution in [0.3, 0.4) is 0 Å². The van der Waals surface area contributed by atoms with Crippen LogP contribution in [0.5, 0.6) is 0 Å². The van der Waals surface area contributed by atoms with Gasteiger partial charge in [-0.2, -0.15) is 0 Å². The van der Waals surface area contributed by atoms with E-state index in [4.69, 9.17) is 10.5 Å². The minimum atomic E-state index is -0.274. The quantitative estimate of drug-likeness (QED) is 0.488. The molecule has 6 heteroatoms. The summed E-state index contributed by atoms with van der Waals surface area (Å²) in [4.78, 5) is 19.4. The van der Waals surface area contributed by atoms with E-state index in [-0.39, 0.29) is 17.8 Å². The third-order valence-electron chi connectivity index (χ3n) is 1.54. The summed E-state index contributed by atoms with van der Waals surface area (Å²) >= 11 is 1.22. The molecule has 0 spiro atoms. The Hall–Kier alpha value is -1.30. The number of rotatable bonds is 4. The number of thioether (sulfide) groups is 1. The number of carbonyl (C=O) groups excluding carboxylic acids is 1. The second-order valence-corrected chi connectivity index (χ2v) is 4.49. The summed E-state index contributed by atoms with van der Waals surface area (Å²) in [5.41, 5.74) is 6.35. The van der Waals surface area contributed by atoms with Gasteiger partial charge in [0.1, 0.15) is 5.82 Å². The van der Waals surface area contributed by atoms with Crippen molar-refractivity contribution >= 4 is 23.5 Å². The fourth-order valence-corrected chi connectivity index (χ4v) is 1.74. The molecule has 2 N–H and O–H groups in total. The van der Waals surface area contributed by atoms with Crippen molar-refractivity contribution in [3.05, 3.63) is 11.8 Å². The SMILES string of the molecule is Cc1cc(N)nc(SCC(=O)OC(C)C)n1. The van der Waals surface area contributed by atoms with E-state index in [1.54, 1.807) is 6.07 Å². The predicted molar refractivity (Wildman–Crippen MR) is 63.1 cm³/mol. The number of nitrogen functional groups attached to an aromatic ring is 1. The number of aromatic nitrogens is 2. The third-order valence-corrected chi connectivity index (χ3v) is 2.36. The number of nitrogens with zero attached hydrogens (tertiary/aromatic N) is 2. The van der Waals surface area contributed by atoms with Gasteiger partial charge in [-0.1, -0.05) is 11.8 Å². The van der Waals surface area contributed by atoms with Crippen molar-refractivity contribution < 1.29 is 9.53 Å². The van der Waals surface area contributed by atoms with Crippen molar-refractivity contribution in [1.29, 1.82) is 0 Å². The molecule has 1 rings (SSSR count). The third kappa shape index (κ3) is 4.48. The number of hydrogen-bond acceptors (Lipinski definition) is 6. The largest absolute Gasteiger partial charge is 0.462 e. The van der Waals surface area contributed by atoms with Crippen LogP contribution in [-0.2, 0) is 9.53 Å². The van der Waals surface area contributed by atoms with E-state index in [2.05, 4.69) is 9.97 Å². The van der Waals surface area contributed by atoms with Crippen molar-refractivity contribution in [1.82, 2.24) is 9.97 Å². The number of ether oxygens (including phenoxy) is 1. The molecule has 1 aromatic rings. The highest BCUT2D eigenvalue weighted by molar-refractivity contribution is 7.99. The van der Waals surface area contributed by atoms with Crippen molar-refractivity contribution in [2.75, 3.05) is 11.5 Å². The number of anilines is 1. The summed E-state index contributed by atoms with van der Waals surface area (Å²) < 4.78 is 4.99. The summed E-state index contributed by atoms with van der Waals surface area (Å²) in [5, 5.41) is 0.498. The molecule has 0 atom stereocenters. The minimum Gasteiger partial charge on any atom is -0.462 e. The normalized spacial score (nSPS) is 10.5. The van der Waals surface area contributed by atoms with Crippen LogP contribution in [0.4, 0.5) is 5.82 Å². The van der Waals surface area contributed by atoms with E-state index < -0.39 is 0 Å². The highest BCUT2D eigenvalue weighted by Gasteiger charge is 2.08. The summed E-state index contributed by atoms with van der Waals surface area (Å²) in [6.45, 7) is 5.45. The zero-order chi connectivity index (χ0) is 12.1. The van der Waals surface area contributed by atoms with Crippen LogP contribution >= 0.6 is 11.8 Å². The van der Waals surface area contributed by atoms with Gasteiger partial charge < -0.3 is 10.5 Å². The standard InChI is InChI=1S/C10H15N3O2S/c1-6(2)15-9(14)5-16-10-12-7(3)4-8(11)13-10/h4,6H,5H2,1-3H3,(H2,11,12,13). The van der Waals surface area contributed by atoms with Gasteiger partial charge in [0.25, 0.3) is 0 Å². The minimum absolute atomic E-state index is 0.100. The number of nitrogens with two attached hydrogens (primary N) is 1. The smallest absolute Gasteiger partial charge is 0.316 e. The van der Waals surface area contributed by atoms with Crippen molar-refractivity contribution in [3.8, 4) is 0 Å². The molecule has 0 aromatic carbocycles. The molecule has 0 bridgehead atoms. The predicted octanol–water partition coefficient (Wildman–Crippen LogP) is 1.41. The molecule has 5 nitrogen and oxygen atoms in total. The molecule has 0 aliphatic heterocycles. The highest BCUT2D eigenvalue weighted by Crippen LogP contribution is 2.15. The average Bonchev–Trinajstić information content (AvgIpc) is 2.12. The molecule has 0 unspecified atom stereocenters. The monoisotopic (exact) mass is 241 g/mol. The lowest BCUT2D eigenvalue weighted by atomic mass is 10.4. The summed E-state index contributed by atoms with van der Waals surface area (Å²) in [6, 6.07) is 1.68. The maximum atomic E-state index is 11.3. The highest BCUT2D eigenvalue weighted by atomic mass is 32.2. The Kier molecular flexibility index (Phi) is 4.54. The maximum absolute atomic E-state index is 11.3. The van der Waals surface area contributed by atoms with Gasteiger partial charge in [-0.25, -0.2) is 9.97 Å². The van der Waals surface area contributed by atoms with Crippen LogP contribution < -0.4 is 5.73 Å². The summed E-state index contributed by atoms with van der Waals surface area (Å²) in [7, 11) is 0. The van der Waals surface area contributed by atoms with Gasteiger partial charge in [0.15, 0.2) is 5.16 Å². The zero-order valence-electron chi connectivity index (χ0n) is 9.56. The van der Waals surface area contributed by atoms with Gasteiger partial charge >= 0.3 is 5.97 Å². The molecule has 0 fully saturated rings. The first-order chi connectivity index (χ1) is 7.47. The zero-order valence-corrected chi connectivity index (χ0v) is 10.4. The van der Waals surface area contributed by atoms with Gasteiger partial charge in [-0.3, -0.25) is 4.79 Å². The van der Waals surface area contributed by atoms with Crippen LogP contribution in [0.25, 0.3) is 0 Å². The Morgan fingerprint density at radius 1 is 1.56 bits per heavy atom. The van der Waals surface area contributed by atoms with Crippen LogP contribution in [-0.4, -0.2) is 27.8 Å². The first-order valence-electron chi connectivity index (χ1n) is 4.91. The van der Waals surface area contributed by atoms with Crippen LogP contribution in [0, 0.1) is 6.92 Å². The first-order valence-corrected chi connectivity index (χ1v) is 5.89. The van der Waals surface area contributed by atoms with E-state index in [1.807, 2.05) is 20.8 Å². The van der Waals surface area contributed by atoms with Crippen molar-refractivity contribution in [2.24, 2.45) is 0 Å². The van der Waals surface area contributed by atoms with Crippen molar-refractivity contribution in [2.45, 2.75) is 32.0 Å². The molecule has 88 valence electrons. The second-order valence-electron chi connectivity index (χ2n) is 3.54. The number of aryl methyl sites for hydroxylation is 1. The van der Waals surface area contributed by atoms with E-state index in [1.165, 1.54) is 11.8 Å². The number of hydrogen-bond donors (Lipinski definition) is 1. The molecule has 0 aliphatic rings. The van der Waals surface area contributed by atoms with E-state index in [9.17, 15) is 4.79 Å². The molecule has 16 heavy (non-hydrogen) atoms. The molecule has 0 saturated heterocycles.